The van der Waals surface area contributed by atoms with Crippen LogP contribution < -0.4 is 10.6 Å². The molecule has 0 spiro atoms. The normalized spacial score (nSPS) is 12.9. The lowest BCUT2D eigenvalue weighted by atomic mass is 9.80. The maximum absolute atomic E-state index is 11.2. The SMILES string of the molecule is Cc1ccc(Pc2cc(C(C)(C)C)cc(C(C)(C)C)c2O)c(/C=N/c2ccccc2)c1. The Labute approximate surface area is 189 Å². The summed E-state index contributed by atoms with van der Waals surface area (Å²) in [5, 5.41) is 13.4. The van der Waals surface area contributed by atoms with E-state index in [4.69, 9.17) is 0 Å². The Kier molecular flexibility index (Phi) is 6.72. The first-order chi connectivity index (χ1) is 14.4. The number of phenolic OH excluding ortho intramolecular Hbond substituents is 1. The molecule has 0 amide bonds. The van der Waals surface area contributed by atoms with Crippen LogP contribution in [0.15, 0.2) is 65.7 Å². The molecule has 0 radical (unpaired) electrons. The lowest BCUT2D eigenvalue weighted by molar-refractivity contribution is 0.449. The summed E-state index contributed by atoms with van der Waals surface area (Å²) >= 11 is 0. The van der Waals surface area contributed by atoms with Crippen LogP contribution in [0, 0.1) is 6.92 Å². The van der Waals surface area contributed by atoms with E-state index in [1.165, 1.54) is 16.4 Å². The molecular weight excluding hydrogens is 397 g/mol. The average molecular weight is 432 g/mol. The van der Waals surface area contributed by atoms with Gasteiger partial charge in [-0.15, -0.1) is 0 Å². The summed E-state index contributed by atoms with van der Waals surface area (Å²) in [5.74, 6) is 0.422. The summed E-state index contributed by atoms with van der Waals surface area (Å²) in [7, 11) is 0.348. The summed E-state index contributed by atoms with van der Waals surface area (Å²) in [6, 6.07) is 20.8. The van der Waals surface area contributed by atoms with E-state index in [0.717, 1.165) is 22.1 Å². The topological polar surface area (TPSA) is 32.6 Å². The smallest absolute Gasteiger partial charge is 0.127 e. The van der Waals surface area contributed by atoms with Gasteiger partial charge in [0.2, 0.25) is 0 Å². The van der Waals surface area contributed by atoms with Crippen LogP contribution >= 0.6 is 8.58 Å². The van der Waals surface area contributed by atoms with Crippen LogP contribution in [0.3, 0.4) is 0 Å². The molecule has 0 aliphatic carbocycles. The van der Waals surface area contributed by atoms with Gasteiger partial charge in [0.1, 0.15) is 5.75 Å². The van der Waals surface area contributed by atoms with Gasteiger partial charge in [0.15, 0.2) is 0 Å². The number of aliphatic imine (C=N–C) groups is 1. The molecule has 3 rings (SSSR count). The van der Waals surface area contributed by atoms with Crippen molar-refractivity contribution in [2.24, 2.45) is 4.99 Å². The lowest BCUT2D eigenvalue weighted by Gasteiger charge is -2.27. The molecule has 0 saturated heterocycles. The number of rotatable bonds is 4. The molecule has 1 atom stereocenters. The second kappa shape index (κ2) is 8.97. The molecule has 0 fully saturated rings. The van der Waals surface area contributed by atoms with Gasteiger partial charge in [0.05, 0.1) is 5.69 Å². The van der Waals surface area contributed by atoms with E-state index in [1.54, 1.807) is 0 Å². The molecule has 1 N–H and O–H groups in total. The van der Waals surface area contributed by atoms with Crippen molar-refractivity contribution in [1.82, 2.24) is 0 Å². The number of para-hydroxylation sites is 1. The van der Waals surface area contributed by atoms with Crippen molar-refractivity contribution in [2.45, 2.75) is 59.3 Å². The molecule has 2 nitrogen and oxygen atoms in total. The first-order valence-corrected chi connectivity index (χ1v) is 11.8. The molecule has 1 unspecified atom stereocenters. The molecule has 31 heavy (non-hydrogen) atoms. The fourth-order valence-corrected chi connectivity index (χ4v) is 4.66. The average Bonchev–Trinajstić information content (AvgIpc) is 2.68. The van der Waals surface area contributed by atoms with Gasteiger partial charge in [0.25, 0.3) is 0 Å². The third-order valence-corrected chi connectivity index (χ3v) is 6.74. The molecular formula is C28H34NOP. The molecule has 0 bridgehead atoms. The molecule has 3 aromatic rings. The first-order valence-electron chi connectivity index (χ1n) is 10.8. The van der Waals surface area contributed by atoms with Crippen LogP contribution in [0.2, 0.25) is 0 Å². The Hall–Kier alpha value is -2.44. The second-order valence-corrected chi connectivity index (χ2v) is 11.6. The molecule has 3 heteroatoms. The second-order valence-electron chi connectivity index (χ2n) is 10.2. The highest BCUT2D eigenvalue weighted by atomic mass is 31.1. The van der Waals surface area contributed by atoms with E-state index in [9.17, 15) is 5.11 Å². The Morgan fingerprint density at radius 3 is 2.10 bits per heavy atom. The highest BCUT2D eigenvalue weighted by Gasteiger charge is 2.25. The third-order valence-electron chi connectivity index (χ3n) is 5.37. The number of benzene rings is 3. The molecule has 162 valence electrons. The van der Waals surface area contributed by atoms with Gasteiger partial charge in [-0.25, -0.2) is 0 Å². The molecule has 0 aliphatic rings. The Balaban J connectivity index is 2.07. The third kappa shape index (κ3) is 5.83. The number of hydrogen-bond donors (Lipinski definition) is 1. The van der Waals surface area contributed by atoms with Gasteiger partial charge >= 0.3 is 0 Å². The van der Waals surface area contributed by atoms with Crippen molar-refractivity contribution >= 4 is 31.1 Å². The molecule has 0 saturated carbocycles. The van der Waals surface area contributed by atoms with E-state index in [1.807, 2.05) is 36.5 Å². The number of aromatic hydroxyl groups is 1. The largest absolute Gasteiger partial charge is 0.507 e. The fraction of sp³-hybridized carbons (Fsp3) is 0.321. The predicted molar refractivity (Wildman–Crippen MR) is 138 cm³/mol. The predicted octanol–water partition coefficient (Wildman–Crippen LogP) is 6.68. The Morgan fingerprint density at radius 2 is 1.48 bits per heavy atom. The van der Waals surface area contributed by atoms with E-state index in [2.05, 4.69) is 83.8 Å². The highest BCUT2D eigenvalue weighted by Crippen LogP contribution is 2.36. The van der Waals surface area contributed by atoms with Crippen LogP contribution in [0.4, 0.5) is 5.69 Å². The zero-order chi connectivity index (χ0) is 22.8. The zero-order valence-corrected chi connectivity index (χ0v) is 20.7. The summed E-state index contributed by atoms with van der Waals surface area (Å²) in [6.45, 7) is 15.2. The number of aryl methyl sites for hydroxylation is 1. The maximum Gasteiger partial charge on any atom is 0.127 e. The van der Waals surface area contributed by atoms with Gasteiger partial charge in [-0.2, -0.15) is 0 Å². The molecule has 3 aromatic carbocycles. The van der Waals surface area contributed by atoms with Gasteiger partial charge in [-0.05, 0) is 52.9 Å². The van der Waals surface area contributed by atoms with Crippen molar-refractivity contribution in [3.63, 3.8) is 0 Å². The minimum Gasteiger partial charge on any atom is -0.507 e. The van der Waals surface area contributed by atoms with Crippen molar-refractivity contribution < 1.29 is 5.11 Å². The van der Waals surface area contributed by atoms with Gasteiger partial charge in [-0.3, -0.25) is 4.99 Å². The molecule has 0 aliphatic heterocycles. The van der Waals surface area contributed by atoms with E-state index in [0.29, 0.717) is 14.3 Å². The quantitative estimate of drug-likeness (QED) is 0.363. The monoisotopic (exact) mass is 431 g/mol. The molecule has 0 aromatic heterocycles. The summed E-state index contributed by atoms with van der Waals surface area (Å²) in [5.41, 5.74) is 5.38. The van der Waals surface area contributed by atoms with Crippen molar-refractivity contribution in [3.05, 3.63) is 82.9 Å². The van der Waals surface area contributed by atoms with E-state index < -0.39 is 0 Å². The van der Waals surface area contributed by atoms with Crippen LogP contribution in [0.5, 0.6) is 5.75 Å². The van der Waals surface area contributed by atoms with Gasteiger partial charge < -0.3 is 5.11 Å². The Bertz CT molecular complexity index is 1090. The molecule has 0 heterocycles. The number of phenols is 1. The van der Waals surface area contributed by atoms with Gasteiger partial charge in [0, 0.05) is 22.6 Å². The standard InChI is InChI=1S/C28H34NOP/c1-19-13-14-24(20(15-19)18-29-22-11-9-8-10-12-22)31-25-17-21(27(2,3)4)16-23(26(25)30)28(5,6)7/h8-18,30-31H,1-7H3/b29-18+. The number of hydrogen-bond acceptors (Lipinski definition) is 2. The highest BCUT2D eigenvalue weighted by molar-refractivity contribution is 7.56. The maximum atomic E-state index is 11.2. The summed E-state index contributed by atoms with van der Waals surface area (Å²) < 4.78 is 0. The zero-order valence-electron chi connectivity index (χ0n) is 19.7. The van der Waals surface area contributed by atoms with E-state index in [-0.39, 0.29) is 10.8 Å². The fourth-order valence-electron chi connectivity index (χ4n) is 3.44. The van der Waals surface area contributed by atoms with Crippen LogP contribution in [0.1, 0.15) is 63.8 Å². The van der Waals surface area contributed by atoms with Crippen molar-refractivity contribution in [2.75, 3.05) is 0 Å². The Morgan fingerprint density at radius 1 is 0.806 bits per heavy atom. The minimum atomic E-state index is -0.130. The van der Waals surface area contributed by atoms with Gasteiger partial charge in [-0.1, -0.05) is 92.1 Å². The van der Waals surface area contributed by atoms with Crippen LogP contribution in [0.25, 0.3) is 0 Å². The first kappa shape index (κ1) is 23.2. The number of nitrogens with zero attached hydrogens (tertiary/aromatic N) is 1. The van der Waals surface area contributed by atoms with Crippen molar-refractivity contribution in [3.8, 4) is 5.75 Å². The minimum absolute atomic E-state index is 0.0117. The van der Waals surface area contributed by atoms with Crippen LogP contribution in [-0.2, 0) is 10.8 Å². The van der Waals surface area contributed by atoms with Crippen LogP contribution in [-0.4, -0.2) is 11.3 Å². The van der Waals surface area contributed by atoms with Crippen molar-refractivity contribution in [1.29, 1.82) is 0 Å². The lowest BCUT2D eigenvalue weighted by Crippen LogP contribution is -2.21. The van der Waals surface area contributed by atoms with E-state index >= 15 is 0 Å². The summed E-state index contributed by atoms with van der Waals surface area (Å²) in [4.78, 5) is 4.67. The summed E-state index contributed by atoms with van der Waals surface area (Å²) in [6.07, 6.45) is 1.94.